The maximum absolute atomic E-state index is 12.0. The third-order valence-corrected chi connectivity index (χ3v) is 4.30. The molecule has 0 saturated carbocycles. The Labute approximate surface area is 108 Å². The summed E-state index contributed by atoms with van der Waals surface area (Å²) in [7, 11) is -3.41. The van der Waals surface area contributed by atoms with Gasteiger partial charge >= 0.3 is 0 Å². The van der Waals surface area contributed by atoms with Crippen LogP contribution in [-0.4, -0.2) is 15.0 Å². The van der Waals surface area contributed by atoms with E-state index in [1.807, 2.05) is 6.07 Å². The van der Waals surface area contributed by atoms with Gasteiger partial charge in [-0.2, -0.15) is 0 Å². The SMILES string of the molecule is CC#CCCNS(=O)(=O)c1ccc2c(c1)CNC2. The quantitative estimate of drug-likeness (QED) is 0.629. The van der Waals surface area contributed by atoms with Gasteiger partial charge in [0.25, 0.3) is 0 Å². The fourth-order valence-electron chi connectivity index (χ4n) is 1.89. The summed E-state index contributed by atoms with van der Waals surface area (Å²) in [4.78, 5) is 0.328. The molecule has 0 aliphatic carbocycles. The first-order valence-corrected chi connectivity index (χ1v) is 7.33. The summed E-state index contributed by atoms with van der Waals surface area (Å²) in [6.45, 7) is 3.63. The molecule has 1 aliphatic rings. The van der Waals surface area contributed by atoms with Crippen molar-refractivity contribution in [2.75, 3.05) is 6.54 Å². The van der Waals surface area contributed by atoms with E-state index in [1.54, 1.807) is 19.1 Å². The van der Waals surface area contributed by atoms with Gasteiger partial charge in [0.05, 0.1) is 4.90 Å². The van der Waals surface area contributed by atoms with Crippen molar-refractivity contribution in [2.24, 2.45) is 0 Å². The summed E-state index contributed by atoms with van der Waals surface area (Å²) < 4.78 is 26.6. The molecule has 0 fully saturated rings. The molecule has 1 heterocycles. The van der Waals surface area contributed by atoms with Crippen LogP contribution in [0.1, 0.15) is 24.5 Å². The highest BCUT2D eigenvalue weighted by atomic mass is 32.2. The smallest absolute Gasteiger partial charge is 0.240 e. The van der Waals surface area contributed by atoms with Crippen LogP contribution in [0.2, 0.25) is 0 Å². The molecule has 0 saturated heterocycles. The van der Waals surface area contributed by atoms with E-state index in [9.17, 15) is 8.42 Å². The first kappa shape index (κ1) is 13.1. The van der Waals surface area contributed by atoms with E-state index in [-0.39, 0.29) is 0 Å². The lowest BCUT2D eigenvalue weighted by atomic mass is 10.1. The van der Waals surface area contributed by atoms with Crippen molar-refractivity contribution in [3.63, 3.8) is 0 Å². The van der Waals surface area contributed by atoms with Crippen LogP contribution in [-0.2, 0) is 23.1 Å². The van der Waals surface area contributed by atoms with Crippen LogP contribution in [0.4, 0.5) is 0 Å². The van der Waals surface area contributed by atoms with Crippen LogP contribution in [0.3, 0.4) is 0 Å². The van der Waals surface area contributed by atoms with Gasteiger partial charge in [-0.05, 0) is 30.2 Å². The van der Waals surface area contributed by atoms with Crippen molar-refractivity contribution in [3.8, 4) is 11.8 Å². The van der Waals surface area contributed by atoms with Gasteiger partial charge in [-0.3, -0.25) is 0 Å². The average molecular weight is 264 g/mol. The molecule has 96 valence electrons. The van der Waals surface area contributed by atoms with Crippen molar-refractivity contribution >= 4 is 10.0 Å². The summed E-state index contributed by atoms with van der Waals surface area (Å²) in [6.07, 6.45) is 0.530. The van der Waals surface area contributed by atoms with E-state index < -0.39 is 10.0 Å². The summed E-state index contributed by atoms with van der Waals surface area (Å²) in [6, 6.07) is 5.26. The number of benzene rings is 1. The number of fused-ring (bicyclic) bond motifs is 1. The summed E-state index contributed by atoms with van der Waals surface area (Å²) >= 11 is 0. The highest BCUT2D eigenvalue weighted by Crippen LogP contribution is 2.19. The number of hydrogen-bond acceptors (Lipinski definition) is 3. The molecule has 0 bridgehead atoms. The highest BCUT2D eigenvalue weighted by Gasteiger charge is 2.17. The molecular weight excluding hydrogens is 248 g/mol. The van der Waals surface area contributed by atoms with Crippen LogP contribution in [0.5, 0.6) is 0 Å². The third-order valence-electron chi connectivity index (χ3n) is 2.84. The Morgan fingerprint density at radius 2 is 2.11 bits per heavy atom. The van der Waals surface area contributed by atoms with Gasteiger partial charge in [0, 0.05) is 26.1 Å². The Kier molecular flexibility index (Phi) is 4.02. The van der Waals surface area contributed by atoms with E-state index >= 15 is 0 Å². The topological polar surface area (TPSA) is 58.2 Å². The monoisotopic (exact) mass is 264 g/mol. The Morgan fingerprint density at radius 3 is 2.89 bits per heavy atom. The van der Waals surface area contributed by atoms with Gasteiger partial charge in [-0.15, -0.1) is 11.8 Å². The van der Waals surface area contributed by atoms with E-state index in [1.165, 1.54) is 5.56 Å². The molecule has 0 aromatic heterocycles. The fraction of sp³-hybridized carbons (Fsp3) is 0.385. The maximum atomic E-state index is 12.0. The predicted molar refractivity (Wildman–Crippen MR) is 70.2 cm³/mol. The molecular formula is C13H16N2O2S. The van der Waals surface area contributed by atoms with Crippen molar-refractivity contribution < 1.29 is 8.42 Å². The number of hydrogen-bond donors (Lipinski definition) is 2. The molecule has 5 heteroatoms. The van der Waals surface area contributed by atoms with Crippen molar-refractivity contribution in [1.29, 1.82) is 0 Å². The molecule has 1 aliphatic heterocycles. The van der Waals surface area contributed by atoms with Crippen LogP contribution in [0.15, 0.2) is 23.1 Å². The predicted octanol–water partition coefficient (Wildman–Crippen LogP) is 0.982. The fourth-order valence-corrected chi connectivity index (χ4v) is 2.98. The highest BCUT2D eigenvalue weighted by molar-refractivity contribution is 7.89. The third kappa shape index (κ3) is 2.91. The largest absolute Gasteiger partial charge is 0.309 e. The Bertz CT molecular complexity index is 597. The zero-order chi connectivity index (χ0) is 13.0. The summed E-state index contributed by atoms with van der Waals surface area (Å²) in [5.41, 5.74) is 2.23. The van der Waals surface area contributed by atoms with E-state index in [0.29, 0.717) is 17.9 Å². The molecule has 2 N–H and O–H groups in total. The molecule has 2 rings (SSSR count). The molecule has 0 radical (unpaired) electrons. The van der Waals surface area contributed by atoms with Gasteiger partial charge in [0.2, 0.25) is 10.0 Å². The zero-order valence-corrected chi connectivity index (χ0v) is 11.1. The Hall–Kier alpha value is -1.35. The molecule has 0 unspecified atom stereocenters. The molecule has 4 nitrogen and oxygen atoms in total. The van der Waals surface area contributed by atoms with Gasteiger partial charge in [-0.25, -0.2) is 13.1 Å². The average Bonchev–Trinajstić information content (AvgIpc) is 2.82. The van der Waals surface area contributed by atoms with Crippen LogP contribution in [0, 0.1) is 11.8 Å². The number of nitrogens with one attached hydrogen (secondary N) is 2. The van der Waals surface area contributed by atoms with Crippen LogP contribution < -0.4 is 10.0 Å². The Balaban J connectivity index is 2.11. The van der Waals surface area contributed by atoms with E-state index in [4.69, 9.17) is 0 Å². The van der Waals surface area contributed by atoms with Crippen LogP contribution in [0.25, 0.3) is 0 Å². The lowest BCUT2D eigenvalue weighted by Crippen LogP contribution is -2.24. The standard InChI is InChI=1S/C13H16N2O2S/c1-2-3-4-7-15-18(16,17)13-6-5-11-9-14-10-12(11)8-13/h5-6,8,14-15H,4,7,9-10H2,1H3. The van der Waals surface area contributed by atoms with Gasteiger partial charge < -0.3 is 5.32 Å². The first-order valence-electron chi connectivity index (χ1n) is 5.85. The second-order valence-corrected chi connectivity index (χ2v) is 5.88. The zero-order valence-electron chi connectivity index (χ0n) is 10.3. The molecule has 1 aromatic carbocycles. The number of rotatable bonds is 4. The summed E-state index contributed by atoms with van der Waals surface area (Å²) in [5.74, 6) is 5.56. The van der Waals surface area contributed by atoms with Gasteiger partial charge in [0.15, 0.2) is 0 Å². The molecule has 0 atom stereocenters. The number of sulfonamides is 1. The van der Waals surface area contributed by atoms with Crippen molar-refractivity contribution in [3.05, 3.63) is 29.3 Å². The first-order chi connectivity index (χ1) is 8.63. The minimum atomic E-state index is -3.41. The molecule has 0 amide bonds. The lowest BCUT2D eigenvalue weighted by molar-refractivity contribution is 0.582. The lowest BCUT2D eigenvalue weighted by Gasteiger charge is -2.07. The molecule has 0 spiro atoms. The van der Waals surface area contributed by atoms with Gasteiger partial charge in [0.1, 0.15) is 0 Å². The Morgan fingerprint density at radius 1 is 1.33 bits per heavy atom. The summed E-state index contributed by atoms with van der Waals surface area (Å²) in [5, 5.41) is 3.19. The maximum Gasteiger partial charge on any atom is 0.240 e. The molecule has 18 heavy (non-hydrogen) atoms. The normalized spacial score (nSPS) is 13.8. The second kappa shape index (κ2) is 5.53. The van der Waals surface area contributed by atoms with Crippen molar-refractivity contribution in [1.82, 2.24) is 10.0 Å². The minimum absolute atomic E-state index is 0.328. The molecule has 1 aromatic rings. The second-order valence-electron chi connectivity index (χ2n) is 4.11. The van der Waals surface area contributed by atoms with Crippen molar-refractivity contribution in [2.45, 2.75) is 31.3 Å². The minimum Gasteiger partial charge on any atom is -0.309 e. The van der Waals surface area contributed by atoms with E-state index in [2.05, 4.69) is 21.9 Å². The van der Waals surface area contributed by atoms with E-state index in [0.717, 1.165) is 18.7 Å². The van der Waals surface area contributed by atoms with Gasteiger partial charge in [-0.1, -0.05) is 6.07 Å². The van der Waals surface area contributed by atoms with Crippen LogP contribution >= 0.6 is 0 Å².